The van der Waals surface area contributed by atoms with Crippen LogP contribution < -0.4 is 29.5 Å². The molecule has 166 valence electrons. The number of hydrogen-bond donors (Lipinski definition) is 1. The number of aromatic hydroxyl groups is 1. The first-order chi connectivity index (χ1) is 14.5. The van der Waals surface area contributed by atoms with Crippen molar-refractivity contribution < 1.29 is 38.1 Å². The number of fused-ring (bicyclic) bond motifs is 3. The SMILES string of the molecule is Cc1nc2n(c(=O)c1CC[N+]13CCC(CC1)C(c1ccc(F)cc1O)=N3)CCCC2.[I-]. The van der Waals surface area contributed by atoms with Gasteiger partial charge in [0.1, 0.15) is 42.7 Å². The average molecular weight is 538 g/mol. The summed E-state index contributed by atoms with van der Waals surface area (Å²) in [6, 6.07) is 4.16. The molecule has 0 spiro atoms. The second kappa shape index (κ2) is 8.61. The fraction of sp³-hybridized carbons (Fsp3) is 0.522. The summed E-state index contributed by atoms with van der Waals surface area (Å²) >= 11 is 0. The van der Waals surface area contributed by atoms with Gasteiger partial charge in [0.15, 0.2) is 0 Å². The average Bonchev–Trinajstić information content (AvgIpc) is 2.74. The molecule has 2 aromatic rings. The van der Waals surface area contributed by atoms with Crippen LogP contribution in [0, 0.1) is 18.7 Å². The Balaban J connectivity index is 0.00000231. The predicted octanol–water partition coefficient (Wildman–Crippen LogP) is -0.0761. The van der Waals surface area contributed by atoms with Gasteiger partial charge in [-0.1, -0.05) is 5.10 Å². The highest BCUT2D eigenvalue weighted by atomic mass is 127. The number of phenolic OH excluding ortho intramolecular Hbond substituents is 1. The fourth-order valence-corrected chi connectivity index (χ4v) is 5.34. The molecule has 1 saturated heterocycles. The third-order valence-corrected chi connectivity index (χ3v) is 7.09. The van der Waals surface area contributed by atoms with Gasteiger partial charge in [-0.05, 0) is 31.9 Å². The molecule has 0 unspecified atom stereocenters. The Hall–Kier alpha value is -1.81. The Morgan fingerprint density at radius 2 is 2.03 bits per heavy atom. The first kappa shape index (κ1) is 22.4. The van der Waals surface area contributed by atoms with Gasteiger partial charge in [0.25, 0.3) is 5.56 Å². The number of benzene rings is 1. The maximum Gasteiger partial charge on any atom is 0.257 e. The molecular weight excluding hydrogens is 510 g/mol. The summed E-state index contributed by atoms with van der Waals surface area (Å²) in [5.74, 6) is 0.732. The highest BCUT2D eigenvalue weighted by molar-refractivity contribution is 6.04. The van der Waals surface area contributed by atoms with E-state index in [1.807, 2.05) is 11.5 Å². The second-order valence-electron chi connectivity index (χ2n) is 8.94. The Labute approximate surface area is 198 Å². The molecule has 1 N–H and O–H groups in total. The van der Waals surface area contributed by atoms with E-state index in [0.717, 1.165) is 87.1 Å². The van der Waals surface area contributed by atoms with Crippen LogP contribution in [0.1, 0.15) is 48.3 Å². The fourth-order valence-electron chi connectivity index (χ4n) is 5.34. The van der Waals surface area contributed by atoms with Crippen LogP contribution >= 0.6 is 0 Å². The van der Waals surface area contributed by atoms with Crippen molar-refractivity contribution in [1.82, 2.24) is 9.55 Å². The third kappa shape index (κ3) is 4.04. The van der Waals surface area contributed by atoms with E-state index in [-0.39, 0.29) is 35.3 Å². The number of rotatable bonds is 4. The van der Waals surface area contributed by atoms with E-state index in [1.54, 1.807) is 6.07 Å². The Bertz CT molecular complexity index is 1090. The van der Waals surface area contributed by atoms with Crippen LogP contribution in [-0.4, -0.2) is 44.6 Å². The standard InChI is InChI=1S/C23H27FN4O2.HI/c1-15-18(23(30)27-10-3-2-4-21(27)25-15)9-13-28-11-7-16(8-12-28)22(26-28)19-6-5-17(24)14-20(19)29;/h5-6,14,16H,2-4,7-13H2,1H3;1H. The highest BCUT2D eigenvalue weighted by Crippen LogP contribution is 2.36. The molecule has 5 heterocycles. The molecule has 0 atom stereocenters. The van der Waals surface area contributed by atoms with Crippen molar-refractivity contribution in [2.75, 3.05) is 19.6 Å². The predicted molar refractivity (Wildman–Crippen MR) is 112 cm³/mol. The van der Waals surface area contributed by atoms with Gasteiger partial charge in [-0.3, -0.25) is 9.36 Å². The number of halogens is 2. The zero-order valence-electron chi connectivity index (χ0n) is 17.8. The van der Waals surface area contributed by atoms with Crippen LogP contribution in [0.15, 0.2) is 28.1 Å². The number of piperidine rings is 1. The zero-order chi connectivity index (χ0) is 20.9. The lowest BCUT2D eigenvalue weighted by atomic mass is 9.85. The maximum atomic E-state index is 13.4. The van der Waals surface area contributed by atoms with Crippen molar-refractivity contribution >= 4 is 5.71 Å². The van der Waals surface area contributed by atoms with E-state index >= 15 is 0 Å². The minimum Gasteiger partial charge on any atom is -1.00 e. The van der Waals surface area contributed by atoms with Crippen molar-refractivity contribution in [1.29, 1.82) is 0 Å². The molecule has 1 fully saturated rings. The second-order valence-corrected chi connectivity index (χ2v) is 8.94. The molecular formula is C23H28FIN4O2. The minimum absolute atomic E-state index is 0. The van der Waals surface area contributed by atoms with Crippen molar-refractivity contribution in [2.24, 2.45) is 11.0 Å². The molecule has 0 aliphatic carbocycles. The zero-order valence-corrected chi connectivity index (χ0v) is 19.9. The summed E-state index contributed by atoms with van der Waals surface area (Å²) in [5, 5.41) is 15.3. The van der Waals surface area contributed by atoms with Crippen LogP contribution in [0.5, 0.6) is 5.75 Å². The van der Waals surface area contributed by atoms with Crippen LogP contribution in [0.4, 0.5) is 4.39 Å². The van der Waals surface area contributed by atoms with Crippen molar-refractivity contribution in [2.45, 2.75) is 52.0 Å². The molecule has 0 saturated carbocycles. The van der Waals surface area contributed by atoms with Gasteiger partial charge in [-0.15, -0.1) is 0 Å². The van der Waals surface area contributed by atoms with Gasteiger partial charge < -0.3 is 29.1 Å². The Morgan fingerprint density at radius 3 is 2.77 bits per heavy atom. The van der Waals surface area contributed by atoms with Crippen LogP contribution in [0.2, 0.25) is 0 Å². The number of nitrogens with zero attached hydrogens (tertiary/aromatic N) is 4. The lowest BCUT2D eigenvalue weighted by molar-refractivity contribution is -0.943. The first-order valence-electron chi connectivity index (χ1n) is 11.0. The van der Waals surface area contributed by atoms with Gasteiger partial charge in [-0.2, -0.15) is 4.59 Å². The van der Waals surface area contributed by atoms with Crippen LogP contribution in [-0.2, 0) is 19.4 Å². The third-order valence-electron chi connectivity index (χ3n) is 7.09. The van der Waals surface area contributed by atoms with E-state index in [9.17, 15) is 14.3 Å². The number of aryl methyl sites for hydroxylation is 2. The van der Waals surface area contributed by atoms with Gasteiger partial charge in [0.2, 0.25) is 0 Å². The monoisotopic (exact) mass is 538 g/mol. The molecule has 4 aliphatic heterocycles. The molecule has 4 aliphatic rings. The molecule has 6 nitrogen and oxygen atoms in total. The maximum absolute atomic E-state index is 13.4. The molecule has 1 aromatic carbocycles. The lowest BCUT2D eigenvalue weighted by Gasteiger charge is -2.44. The van der Waals surface area contributed by atoms with Gasteiger partial charge in [-0.25, -0.2) is 9.37 Å². The molecule has 31 heavy (non-hydrogen) atoms. The molecule has 2 bridgehead atoms. The molecule has 0 radical (unpaired) electrons. The van der Waals surface area contributed by atoms with E-state index in [0.29, 0.717) is 22.5 Å². The summed E-state index contributed by atoms with van der Waals surface area (Å²) < 4.78 is 15.9. The minimum atomic E-state index is -0.446. The van der Waals surface area contributed by atoms with Gasteiger partial charge in [0.05, 0.1) is 0 Å². The first-order valence-corrected chi connectivity index (χ1v) is 11.0. The van der Waals surface area contributed by atoms with Crippen molar-refractivity contribution in [3.8, 4) is 5.75 Å². The van der Waals surface area contributed by atoms with Gasteiger partial charge in [0, 0.05) is 61.0 Å². The highest BCUT2D eigenvalue weighted by Gasteiger charge is 2.43. The summed E-state index contributed by atoms with van der Waals surface area (Å²) in [7, 11) is 0. The number of hydrogen-bond acceptors (Lipinski definition) is 4. The summed E-state index contributed by atoms with van der Waals surface area (Å²) in [4.78, 5) is 17.8. The molecule has 6 rings (SSSR count). The Kier molecular flexibility index (Phi) is 6.22. The summed E-state index contributed by atoms with van der Waals surface area (Å²) in [6.07, 6.45) is 5.65. The van der Waals surface area contributed by atoms with E-state index in [4.69, 9.17) is 10.1 Å². The van der Waals surface area contributed by atoms with E-state index < -0.39 is 5.82 Å². The van der Waals surface area contributed by atoms with Crippen molar-refractivity contribution in [3.05, 3.63) is 57.0 Å². The van der Waals surface area contributed by atoms with Crippen LogP contribution in [0.3, 0.4) is 0 Å². The normalized spacial score (nSPS) is 24.3. The topological polar surface area (TPSA) is 67.5 Å². The molecule has 0 amide bonds. The number of quaternary nitrogens is 1. The van der Waals surface area contributed by atoms with Gasteiger partial charge >= 0.3 is 0 Å². The number of phenols is 1. The summed E-state index contributed by atoms with van der Waals surface area (Å²) in [5.41, 5.74) is 3.28. The number of aromatic nitrogens is 2. The lowest BCUT2D eigenvalue weighted by Crippen LogP contribution is -3.00. The quantitative estimate of drug-likeness (QED) is 0.438. The van der Waals surface area contributed by atoms with Crippen molar-refractivity contribution in [3.63, 3.8) is 0 Å². The molecule has 1 aromatic heterocycles. The van der Waals surface area contributed by atoms with E-state index in [2.05, 4.69) is 0 Å². The Morgan fingerprint density at radius 1 is 1.26 bits per heavy atom. The largest absolute Gasteiger partial charge is 1.00 e. The van der Waals surface area contributed by atoms with E-state index in [1.165, 1.54) is 6.07 Å². The molecule has 8 heteroatoms. The smallest absolute Gasteiger partial charge is 0.257 e. The van der Waals surface area contributed by atoms with Crippen LogP contribution in [0.25, 0.3) is 0 Å². The summed E-state index contributed by atoms with van der Waals surface area (Å²) in [6.45, 7) is 5.33.